The average molecular weight is 385 g/mol. The van der Waals surface area contributed by atoms with E-state index in [9.17, 15) is 9.59 Å². The number of carbonyl (C=O) groups excluding carboxylic acids is 2. The van der Waals surface area contributed by atoms with E-state index in [1.165, 1.54) is 0 Å². The molecule has 0 saturated carbocycles. The molecule has 2 N–H and O–H groups in total. The van der Waals surface area contributed by atoms with Gasteiger partial charge in [0.15, 0.2) is 0 Å². The Morgan fingerprint density at radius 2 is 1.79 bits per heavy atom. The normalized spacial score (nSPS) is 18.6. The average Bonchev–Trinajstić information content (AvgIpc) is 2.73. The second kappa shape index (κ2) is 9.62. The van der Waals surface area contributed by atoms with E-state index in [1.54, 1.807) is 6.08 Å². The van der Waals surface area contributed by atoms with Crippen molar-refractivity contribution >= 4 is 17.6 Å². The molecule has 2 fully saturated rings. The Bertz CT molecular complexity index is 690. The van der Waals surface area contributed by atoms with Crippen molar-refractivity contribution in [2.75, 3.05) is 37.6 Å². The molecule has 28 heavy (non-hydrogen) atoms. The fraction of sp³-hybridized carbons (Fsp3) is 0.545. The van der Waals surface area contributed by atoms with Crippen molar-refractivity contribution in [2.24, 2.45) is 5.92 Å². The molecule has 2 aliphatic rings. The van der Waals surface area contributed by atoms with Crippen LogP contribution in [0.25, 0.3) is 0 Å². The van der Waals surface area contributed by atoms with Crippen LogP contribution in [0.2, 0.25) is 0 Å². The van der Waals surface area contributed by atoms with Gasteiger partial charge in [-0.05, 0) is 43.7 Å². The molecule has 6 heteroatoms. The third-order valence-corrected chi connectivity index (χ3v) is 5.78. The van der Waals surface area contributed by atoms with Crippen LogP contribution in [-0.4, -0.2) is 55.6 Å². The molecule has 0 atom stereocenters. The Morgan fingerprint density at radius 1 is 1.11 bits per heavy atom. The van der Waals surface area contributed by atoms with E-state index in [1.807, 2.05) is 29.2 Å². The molecule has 6 nitrogen and oxygen atoms in total. The third kappa shape index (κ3) is 5.06. The zero-order valence-electron chi connectivity index (χ0n) is 16.8. The number of likely N-dealkylation sites (tertiary alicyclic amines) is 1. The maximum atomic E-state index is 13.1. The molecule has 0 spiro atoms. The highest BCUT2D eigenvalue weighted by molar-refractivity contribution is 6.00. The van der Waals surface area contributed by atoms with E-state index in [4.69, 9.17) is 0 Å². The molecule has 0 aromatic heterocycles. The Balaban J connectivity index is 1.60. The summed E-state index contributed by atoms with van der Waals surface area (Å²) in [7, 11) is 0. The van der Waals surface area contributed by atoms with E-state index in [2.05, 4.69) is 29.0 Å². The first-order chi connectivity index (χ1) is 13.6. The number of rotatable bonds is 5. The first-order valence-electron chi connectivity index (χ1n) is 10.4. The minimum absolute atomic E-state index is 0.145. The summed E-state index contributed by atoms with van der Waals surface area (Å²) in [6, 6.07) is 7.95. The first-order valence-corrected chi connectivity index (χ1v) is 10.4. The molecule has 152 valence electrons. The van der Waals surface area contributed by atoms with Gasteiger partial charge in [-0.3, -0.25) is 4.79 Å². The van der Waals surface area contributed by atoms with Crippen LogP contribution in [0.5, 0.6) is 0 Å². The second-order valence-electron chi connectivity index (χ2n) is 7.90. The summed E-state index contributed by atoms with van der Waals surface area (Å²) in [6.07, 6.45) is 5.56. The molecule has 0 bridgehead atoms. The smallest absolute Gasteiger partial charge is 0.315 e. The van der Waals surface area contributed by atoms with E-state index < -0.39 is 0 Å². The van der Waals surface area contributed by atoms with Crippen LogP contribution in [0.4, 0.5) is 10.5 Å². The molecule has 2 saturated heterocycles. The minimum Gasteiger partial charge on any atom is -0.371 e. The highest BCUT2D eigenvalue weighted by atomic mass is 16.2. The Kier molecular flexibility index (Phi) is 6.95. The Morgan fingerprint density at radius 3 is 2.46 bits per heavy atom. The van der Waals surface area contributed by atoms with Gasteiger partial charge in [-0.1, -0.05) is 25.1 Å². The molecule has 3 rings (SSSR count). The molecule has 1 aromatic carbocycles. The molecule has 3 amide bonds. The fourth-order valence-corrected chi connectivity index (χ4v) is 3.98. The van der Waals surface area contributed by atoms with E-state index in [0.29, 0.717) is 12.5 Å². The number of nitrogens with one attached hydrogen (secondary N) is 2. The first kappa shape index (κ1) is 20.2. The predicted molar refractivity (Wildman–Crippen MR) is 113 cm³/mol. The summed E-state index contributed by atoms with van der Waals surface area (Å²) in [5.74, 6) is 0.848. The number of hydrogen-bond acceptors (Lipinski definition) is 3. The van der Waals surface area contributed by atoms with Gasteiger partial charge in [0, 0.05) is 44.5 Å². The summed E-state index contributed by atoms with van der Waals surface area (Å²) in [5, 5.41) is 5.77. The van der Waals surface area contributed by atoms with Crippen LogP contribution in [0, 0.1) is 5.92 Å². The van der Waals surface area contributed by atoms with Crippen LogP contribution in [0.1, 0.15) is 43.0 Å². The molecule has 0 unspecified atom stereocenters. The number of para-hydroxylation sites is 1. The quantitative estimate of drug-likeness (QED) is 0.767. The summed E-state index contributed by atoms with van der Waals surface area (Å²) < 4.78 is 0. The summed E-state index contributed by atoms with van der Waals surface area (Å²) in [4.78, 5) is 29.2. The van der Waals surface area contributed by atoms with E-state index in [-0.39, 0.29) is 18.0 Å². The molecule has 1 aromatic rings. The second-order valence-corrected chi connectivity index (χ2v) is 7.90. The number of hydrogen-bond donors (Lipinski definition) is 2. The van der Waals surface area contributed by atoms with Crippen molar-refractivity contribution < 1.29 is 9.59 Å². The van der Waals surface area contributed by atoms with Gasteiger partial charge in [0.05, 0.1) is 5.56 Å². The van der Waals surface area contributed by atoms with Crippen LogP contribution in [0.3, 0.4) is 0 Å². The lowest BCUT2D eigenvalue weighted by atomic mass is 9.98. The van der Waals surface area contributed by atoms with Gasteiger partial charge in [0.1, 0.15) is 0 Å². The standard InChI is InChI=1S/C22H32N4O2/c1-3-12-23-22(28)24-18-10-15-25(16-11-18)20-7-5-4-6-19(20)21(27)26-13-8-17(2)9-14-26/h3-7,17-18H,1,8-16H2,2H3,(H2,23,24,28). The van der Waals surface area contributed by atoms with Crippen molar-refractivity contribution in [2.45, 2.75) is 38.6 Å². The van der Waals surface area contributed by atoms with Crippen molar-refractivity contribution in [3.63, 3.8) is 0 Å². The molecule has 2 heterocycles. The monoisotopic (exact) mass is 384 g/mol. The summed E-state index contributed by atoms with van der Waals surface area (Å²) in [5.41, 5.74) is 1.81. The van der Waals surface area contributed by atoms with Crippen molar-refractivity contribution in [1.29, 1.82) is 0 Å². The summed E-state index contributed by atoms with van der Waals surface area (Å²) >= 11 is 0. The van der Waals surface area contributed by atoms with Crippen molar-refractivity contribution in [3.05, 3.63) is 42.5 Å². The summed E-state index contributed by atoms with van der Waals surface area (Å²) in [6.45, 7) is 9.67. The lowest BCUT2D eigenvalue weighted by Gasteiger charge is -2.36. The number of amides is 3. The van der Waals surface area contributed by atoms with Crippen molar-refractivity contribution in [3.8, 4) is 0 Å². The lowest BCUT2D eigenvalue weighted by Crippen LogP contribution is -2.48. The molecule has 2 aliphatic heterocycles. The Hall–Kier alpha value is -2.50. The molecular formula is C22H32N4O2. The fourth-order valence-electron chi connectivity index (χ4n) is 3.98. The highest BCUT2D eigenvalue weighted by Gasteiger charge is 2.27. The largest absolute Gasteiger partial charge is 0.371 e. The number of benzene rings is 1. The molecular weight excluding hydrogens is 352 g/mol. The van der Waals surface area contributed by atoms with Crippen LogP contribution < -0.4 is 15.5 Å². The number of urea groups is 1. The number of anilines is 1. The number of carbonyl (C=O) groups is 2. The van der Waals surface area contributed by atoms with E-state index >= 15 is 0 Å². The third-order valence-electron chi connectivity index (χ3n) is 5.78. The van der Waals surface area contributed by atoms with Gasteiger partial charge in [-0.15, -0.1) is 6.58 Å². The number of nitrogens with zero attached hydrogens (tertiary/aromatic N) is 2. The molecule has 0 radical (unpaired) electrons. The van der Waals surface area contributed by atoms with Crippen molar-refractivity contribution in [1.82, 2.24) is 15.5 Å². The van der Waals surface area contributed by atoms with Gasteiger partial charge in [-0.2, -0.15) is 0 Å². The van der Waals surface area contributed by atoms with E-state index in [0.717, 1.165) is 63.1 Å². The van der Waals surface area contributed by atoms with Gasteiger partial charge in [0.2, 0.25) is 0 Å². The maximum Gasteiger partial charge on any atom is 0.315 e. The van der Waals surface area contributed by atoms with Gasteiger partial charge < -0.3 is 20.4 Å². The minimum atomic E-state index is -0.145. The van der Waals surface area contributed by atoms with Crippen LogP contribution in [-0.2, 0) is 0 Å². The number of piperidine rings is 2. The lowest BCUT2D eigenvalue weighted by molar-refractivity contribution is 0.0697. The van der Waals surface area contributed by atoms with Gasteiger partial charge >= 0.3 is 6.03 Å². The van der Waals surface area contributed by atoms with Crippen LogP contribution in [0.15, 0.2) is 36.9 Å². The zero-order chi connectivity index (χ0) is 19.9. The highest BCUT2D eigenvalue weighted by Crippen LogP contribution is 2.27. The maximum absolute atomic E-state index is 13.1. The SMILES string of the molecule is C=CCNC(=O)NC1CCN(c2ccccc2C(=O)N2CCC(C)CC2)CC1. The van der Waals surface area contributed by atoms with Gasteiger partial charge in [0.25, 0.3) is 5.91 Å². The topological polar surface area (TPSA) is 64.7 Å². The zero-order valence-corrected chi connectivity index (χ0v) is 16.8. The molecule has 0 aliphatic carbocycles. The van der Waals surface area contributed by atoms with Crippen LogP contribution >= 0.6 is 0 Å². The van der Waals surface area contributed by atoms with Gasteiger partial charge in [-0.25, -0.2) is 4.79 Å². The predicted octanol–water partition coefficient (Wildman–Crippen LogP) is 3.01. The Labute approximate surface area is 168 Å².